The van der Waals surface area contributed by atoms with E-state index in [4.69, 9.17) is 16.0 Å². The van der Waals surface area contributed by atoms with Crippen molar-refractivity contribution in [3.8, 4) is 0 Å². The SMILES string of the molecule is O=C(c1ccc(C[S@@](=O)c2ccccc2Cl)o1)N1CCN(C2CCCCC2)CC1. The van der Waals surface area contributed by atoms with Gasteiger partial charge in [-0.1, -0.05) is 43.0 Å². The fourth-order valence-corrected chi connectivity index (χ4v) is 5.78. The number of benzene rings is 1. The first-order chi connectivity index (χ1) is 14.1. The molecule has 0 N–H and O–H groups in total. The molecular weight excluding hydrogens is 408 g/mol. The van der Waals surface area contributed by atoms with Crippen LogP contribution in [0.15, 0.2) is 45.7 Å². The molecule has 0 unspecified atom stereocenters. The van der Waals surface area contributed by atoms with Gasteiger partial charge in [0.15, 0.2) is 5.76 Å². The summed E-state index contributed by atoms with van der Waals surface area (Å²) in [6.45, 7) is 3.33. The van der Waals surface area contributed by atoms with Crippen LogP contribution in [0.3, 0.4) is 0 Å². The van der Waals surface area contributed by atoms with Gasteiger partial charge in [0.1, 0.15) is 5.76 Å². The minimum atomic E-state index is -1.32. The zero-order valence-electron chi connectivity index (χ0n) is 16.5. The molecule has 1 aliphatic carbocycles. The van der Waals surface area contributed by atoms with Crippen LogP contribution >= 0.6 is 11.6 Å². The van der Waals surface area contributed by atoms with Crippen molar-refractivity contribution in [2.45, 2.75) is 48.8 Å². The Balaban J connectivity index is 1.33. The lowest BCUT2D eigenvalue weighted by Gasteiger charge is -2.40. The van der Waals surface area contributed by atoms with Crippen LogP contribution in [0, 0.1) is 0 Å². The first-order valence-electron chi connectivity index (χ1n) is 10.4. The van der Waals surface area contributed by atoms with Crippen molar-refractivity contribution in [3.05, 3.63) is 52.9 Å². The number of furan rings is 1. The first kappa shape index (κ1) is 20.6. The highest BCUT2D eigenvalue weighted by Gasteiger charge is 2.28. The largest absolute Gasteiger partial charge is 0.455 e. The van der Waals surface area contributed by atoms with Crippen LogP contribution in [0.5, 0.6) is 0 Å². The fourth-order valence-electron chi connectivity index (χ4n) is 4.30. The maximum atomic E-state index is 12.8. The number of halogens is 1. The van der Waals surface area contributed by atoms with Gasteiger partial charge in [-0.3, -0.25) is 13.9 Å². The lowest BCUT2D eigenvalue weighted by Crippen LogP contribution is -2.52. The van der Waals surface area contributed by atoms with Gasteiger partial charge >= 0.3 is 0 Å². The van der Waals surface area contributed by atoms with E-state index in [-0.39, 0.29) is 11.7 Å². The minimum absolute atomic E-state index is 0.0805. The van der Waals surface area contributed by atoms with E-state index in [0.29, 0.717) is 27.5 Å². The van der Waals surface area contributed by atoms with E-state index in [1.165, 1.54) is 32.1 Å². The number of nitrogens with zero attached hydrogens (tertiary/aromatic N) is 2. The first-order valence-corrected chi connectivity index (χ1v) is 12.1. The van der Waals surface area contributed by atoms with E-state index in [1.807, 2.05) is 11.0 Å². The molecule has 1 amide bonds. The topological polar surface area (TPSA) is 53.8 Å². The van der Waals surface area contributed by atoms with E-state index in [9.17, 15) is 9.00 Å². The molecule has 2 heterocycles. The third kappa shape index (κ3) is 4.93. The molecular formula is C22H27ClN2O3S. The Morgan fingerprint density at radius 2 is 1.76 bits per heavy atom. The summed E-state index contributed by atoms with van der Waals surface area (Å²) in [5.41, 5.74) is 0. The van der Waals surface area contributed by atoms with E-state index >= 15 is 0 Å². The van der Waals surface area contributed by atoms with Crippen LogP contribution in [-0.4, -0.2) is 52.1 Å². The number of hydrogen-bond donors (Lipinski definition) is 0. The van der Waals surface area contributed by atoms with Crippen LogP contribution in [0.4, 0.5) is 0 Å². The van der Waals surface area contributed by atoms with Crippen LogP contribution < -0.4 is 0 Å². The highest BCUT2D eigenvalue weighted by atomic mass is 35.5. The summed E-state index contributed by atoms with van der Waals surface area (Å²) < 4.78 is 18.3. The summed E-state index contributed by atoms with van der Waals surface area (Å²) in [5.74, 6) is 0.977. The van der Waals surface area contributed by atoms with Crippen molar-refractivity contribution in [2.24, 2.45) is 0 Å². The van der Waals surface area contributed by atoms with Crippen molar-refractivity contribution < 1.29 is 13.4 Å². The van der Waals surface area contributed by atoms with Gasteiger partial charge in [-0.2, -0.15) is 0 Å². The number of amides is 1. The van der Waals surface area contributed by atoms with Crippen molar-refractivity contribution in [1.82, 2.24) is 9.80 Å². The summed E-state index contributed by atoms with van der Waals surface area (Å²) >= 11 is 6.12. The zero-order valence-corrected chi connectivity index (χ0v) is 18.1. The third-order valence-electron chi connectivity index (χ3n) is 5.92. The van der Waals surface area contributed by atoms with Gasteiger partial charge in [-0.25, -0.2) is 0 Å². The molecule has 5 nitrogen and oxygen atoms in total. The summed E-state index contributed by atoms with van der Waals surface area (Å²) in [4.78, 5) is 17.8. The molecule has 4 rings (SSSR count). The molecule has 1 atom stereocenters. The predicted octanol–water partition coefficient (Wildman–Crippen LogP) is 4.33. The second-order valence-corrected chi connectivity index (χ2v) is 9.63. The zero-order chi connectivity index (χ0) is 20.2. The molecule has 1 aromatic carbocycles. The second-order valence-electron chi connectivity index (χ2n) is 7.81. The van der Waals surface area contributed by atoms with Gasteiger partial charge in [0.2, 0.25) is 0 Å². The number of hydrogen-bond acceptors (Lipinski definition) is 4. The van der Waals surface area contributed by atoms with Gasteiger partial charge < -0.3 is 9.32 Å². The average molecular weight is 435 g/mol. The van der Waals surface area contributed by atoms with Crippen LogP contribution in [-0.2, 0) is 16.6 Å². The molecule has 1 aliphatic heterocycles. The Labute approximate surface area is 179 Å². The Morgan fingerprint density at radius 3 is 2.48 bits per heavy atom. The van der Waals surface area contributed by atoms with Crippen molar-refractivity contribution >= 4 is 28.3 Å². The summed E-state index contributed by atoms with van der Waals surface area (Å²) in [6.07, 6.45) is 6.59. The van der Waals surface area contributed by atoms with E-state index in [0.717, 1.165) is 26.2 Å². The normalized spacial score (nSPS) is 20.0. The van der Waals surface area contributed by atoms with E-state index in [2.05, 4.69) is 4.90 Å². The molecule has 2 aromatic rings. The van der Waals surface area contributed by atoms with Crippen LogP contribution in [0.25, 0.3) is 0 Å². The Bertz CT molecular complexity index is 870. The monoisotopic (exact) mass is 434 g/mol. The van der Waals surface area contributed by atoms with Gasteiger partial charge in [0.25, 0.3) is 5.91 Å². The molecule has 7 heteroatoms. The second kappa shape index (κ2) is 9.45. The Morgan fingerprint density at radius 1 is 1.03 bits per heavy atom. The molecule has 1 saturated carbocycles. The van der Waals surface area contributed by atoms with Gasteiger partial charge in [0, 0.05) is 32.2 Å². The molecule has 29 heavy (non-hydrogen) atoms. The molecule has 0 spiro atoms. The quantitative estimate of drug-likeness (QED) is 0.702. The van der Waals surface area contributed by atoms with Gasteiger partial charge in [-0.05, 0) is 37.1 Å². The summed E-state index contributed by atoms with van der Waals surface area (Å²) in [6, 6.07) is 11.2. The third-order valence-corrected chi connectivity index (χ3v) is 7.76. The molecule has 2 fully saturated rings. The minimum Gasteiger partial charge on any atom is -0.455 e. The highest BCUT2D eigenvalue weighted by molar-refractivity contribution is 7.84. The van der Waals surface area contributed by atoms with Crippen LogP contribution in [0.2, 0.25) is 5.02 Å². The number of carbonyl (C=O) groups excluding carboxylic acids is 1. The Kier molecular flexibility index (Phi) is 6.73. The molecule has 2 aliphatic rings. The Hall–Kier alpha value is -1.63. The molecule has 1 saturated heterocycles. The maximum Gasteiger partial charge on any atom is 0.289 e. The molecule has 0 radical (unpaired) electrons. The predicted molar refractivity (Wildman–Crippen MR) is 115 cm³/mol. The van der Waals surface area contributed by atoms with Crippen LogP contribution in [0.1, 0.15) is 48.4 Å². The van der Waals surface area contributed by atoms with Gasteiger partial charge in [0.05, 0.1) is 26.5 Å². The number of piperazine rings is 1. The lowest BCUT2D eigenvalue weighted by molar-refractivity contribution is 0.0496. The van der Waals surface area contributed by atoms with E-state index < -0.39 is 10.8 Å². The fraction of sp³-hybridized carbons (Fsp3) is 0.500. The molecule has 156 valence electrons. The molecule has 1 aromatic heterocycles. The smallest absolute Gasteiger partial charge is 0.289 e. The highest BCUT2D eigenvalue weighted by Crippen LogP contribution is 2.25. The summed E-state index contributed by atoms with van der Waals surface area (Å²) in [7, 11) is -1.32. The standard InChI is InChI=1S/C22H27ClN2O3S/c23-19-8-4-5-9-21(19)29(27)16-18-10-11-20(28-18)22(26)25-14-12-24(13-15-25)17-6-2-1-3-7-17/h4-5,8-11,17H,1-3,6-7,12-16H2/t29-/m1/s1. The van der Waals surface area contributed by atoms with Gasteiger partial charge in [-0.15, -0.1) is 0 Å². The van der Waals surface area contributed by atoms with Crippen molar-refractivity contribution in [2.75, 3.05) is 26.2 Å². The van der Waals surface area contributed by atoms with Crippen molar-refractivity contribution in [3.63, 3.8) is 0 Å². The average Bonchev–Trinajstić information content (AvgIpc) is 3.22. The lowest BCUT2D eigenvalue weighted by atomic mass is 9.94. The van der Waals surface area contributed by atoms with Crippen molar-refractivity contribution in [1.29, 1.82) is 0 Å². The summed E-state index contributed by atoms with van der Waals surface area (Å²) in [5, 5.41) is 0.476. The maximum absolute atomic E-state index is 12.8. The van der Waals surface area contributed by atoms with E-state index in [1.54, 1.807) is 30.3 Å². The number of carbonyl (C=O) groups is 1. The molecule has 0 bridgehead atoms. The number of rotatable bonds is 5.